The van der Waals surface area contributed by atoms with Gasteiger partial charge in [0, 0.05) is 48.7 Å². The molecule has 2 unspecified atom stereocenters. The second-order valence-electron chi connectivity index (χ2n) is 12.6. The van der Waals surface area contributed by atoms with Crippen molar-refractivity contribution in [3.63, 3.8) is 0 Å². The lowest BCUT2D eigenvalue weighted by atomic mass is 10.0. The number of phenolic OH excluding ortho intramolecular Hbond substituents is 1. The standard InChI is InChI=1S/C34H33F2N5O3/c1-39-31-25(11-22(14-29(31)44-2)34(43)41-16-20-7-8-26(41)30(20)37)38-33(39)28-13-19-6-5-18(12-27(19)40(28)15-17-3-4-17)21-9-23(35)32(42)24(36)10-21/h5-6,9-14,17,20,26,30,42H,3-4,7-8,15-16,37H2,1-2H3/t20?,26?,30-/m1/s1. The summed E-state index contributed by atoms with van der Waals surface area (Å²) in [6.45, 7) is 1.47. The first-order valence-electron chi connectivity index (χ1n) is 15.1. The lowest BCUT2D eigenvalue weighted by molar-refractivity contribution is 0.0700. The number of imidazole rings is 1. The van der Waals surface area contributed by atoms with Gasteiger partial charge < -0.3 is 29.6 Å². The summed E-state index contributed by atoms with van der Waals surface area (Å²) in [5.41, 5.74) is 11.2. The van der Waals surface area contributed by atoms with Crippen molar-refractivity contribution in [2.24, 2.45) is 24.6 Å². The summed E-state index contributed by atoms with van der Waals surface area (Å²) in [6, 6.07) is 13.8. The van der Waals surface area contributed by atoms with Crippen LogP contribution in [0.4, 0.5) is 8.78 Å². The number of fused-ring (bicyclic) bond motifs is 4. The fourth-order valence-electron chi connectivity index (χ4n) is 7.37. The lowest BCUT2D eigenvalue weighted by Crippen LogP contribution is -2.41. The fraction of sp³-hybridized carbons (Fsp3) is 0.353. The maximum Gasteiger partial charge on any atom is 0.254 e. The van der Waals surface area contributed by atoms with E-state index < -0.39 is 17.4 Å². The molecule has 8 rings (SSSR count). The molecule has 3 aromatic carbocycles. The molecule has 3 N–H and O–H groups in total. The Bertz CT molecular complexity index is 1970. The maximum atomic E-state index is 14.2. The highest BCUT2D eigenvalue weighted by atomic mass is 19.1. The Kier molecular flexibility index (Phi) is 6.03. The number of ether oxygens (including phenoxy) is 1. The van der Waals surface area contributed by atoms with E-state index in [2.05, 4.69) is 10.6 Å². The van der Waals surface area contributed by atoms with Crippen LogP contribution in [0, 0.1) is 23.5 Å². The number of halogens is 2. The zero-order valence-corrected chi connectivity index (χ0v) is 24.6. The normalized spacial score (nSPS) is 21.2. The van der Waals surface area contributed by atoms with Gasteiger partial charge in [-0.05, 0) is 85.0 Å². The van der Waals surface area contributed by atoms with Crippen molar-refractivity contribution in [1.82, 2.24) is 19.0 Å². The van der Waals surface area contributed by atoms with E-state index in [1.165, 1.54) is 0 Å². The van der Waals surface area contributed by atoms with E-state index in [1.807, 2.05) is 40.8 Å². The molecule has 1 amide bonds. The molecular formula is C34H33F2N5O3. The van der Waals surface area contributed by atoms with E-state index in [4.69, 9.17) is 15.5 Å². The number of aromatic hydroxyl groups is 1. The average Bonchev–Trinajstić information content (AvgIpc) is 3.42. The van der Waals surface area contributed by atoms with Crippen LogP contribution in [-0.4, -0.2) is 55.8 Å². The summed E-state index contributed by atoms with van der Waals surface area (Å²) < 4.78 is 38.5. The van der Waals surface area contributed by atoms with Gasteiger partial charge in [-0.25, -0.2) is 13.8 Å². The Hall–Kier alpha value is -4.44. The zero-order chi connectivity index (χ0) is 30.4. The van der Waals surface area contributed by atoms with Gasteiger partial charge in [0.1, 0.15) is 11.3 Å². The van der Waals surface area contributed by atoms with Crippen LogP contribution >= 0.6 is 0 Å². The second kappa shape index (κ2) is 9.79. The highest BCUT2D eigenvalue weighted by molar-refractivity contribution is 6.00. The van der Waals surface area contributed by atoms with Crippen LogP contribution in [0.15, 0.2) is 48.5 Å². The van der Waals surface area contributed by atoms with Gasteiger partial charge in [-0.3, -0.25) is 4.79 Å². The number of aromatic nitrogens is 3. The van der Waals surface area contributed by atoms with E-state index >= 15 is 0 Å². The third-order valence-electron chi connectivity index (χ3n) is 9.94. The van der Waals surface area contributed by atoms with Crippen molar-refractivity contribution in [1.29, 1.82) is 0 Å². The number of likely N-dealkylation sites (tertiary alicyclic amines) is 1. The molecule has 2 saturated carbocycles. The molecule has 3 fully saturated rings. The zero-order valence-electron chi connectivity index (χ0n) is 24.6. The monoisotopic (exact) mass is 597 g/mol. The number of carbonyl (C=O) groups is 1. The van der Waals surface area contributed by atoms with Crippen LogP contribution in [0.3, 0.4) is 0 Å². The van der Waals surface area contributed by atoms with Gasteiger partial charge in [-0.15, -0.1) is 0 Å². The molecule has 3 atom stereocenters. The van der Waals surface area contributed by atoms with Gasteiger partial charge in [-0.2, -0.15) is 0 Å². The van der Waals surface area contributed by atoms with Crippen molar-refractivity contribution in [3.05, 3.63) is 65.7 Å². The first-order valence-corrected chi connectivity index (χ1v) is 15.1. The first-order chi connectivity index (χ1) is 21.2. The quantitative estimate of drug-likeness (QED) is 0.257. The number of aryl methyl sites for hydroxylation is 1. The van der Waals surface area contributed by atoms with Gasteiger partial charge in [0.15, 0.2) is 23.2 Å². The molecule has 2 bridgehead atoms. The molecule has 2 aliphatic carbocycles. The van der Waals surface area contributed by atoms with E-state index in [-0.39, 0.29) is 18.0 Å². The third kappa shape index (κ3) is 4.11. The highest BCUT2D eigenvalue weighted by Gasteiger charge is 2.47. The highest BCUT2D eigenvalue weighted by Crippen LogP contribution is 2.41. The van der Waals surface area contributed by atoms with Crippen molar-refractivity contribution >= 4 is 27.8 Å². The van der Waals surface area contributed by atoms with E-state index in [9.17, 15) is 18.7 Å². The number of carbonyl (C=O) groups excluding carboxylic acids is 1. The molecule has 3 heterocycles. The Morgan fingerprint density at radius 1 is 1.05 bits per heavy atom. The molecule has 3 aliphatic rings. The summed E-state index contributed by atoms with van der Waals surface area (Å²) in [5.74, 6) is -0.828. The second-order valence-corrected chi connectivity index (χ2v) is 12.6. The van der Waals surface area contributed by atoms with E-state index in [0.717, 1.165) is 72.3 Å². The van der Waals surface area contributed by atoms with Crippen LogP contribution in [0.5, 0.6) is 11.5 Å². The SMILES string of the molecule is COc1cc(C(=O)N2CC3CCC2[C@@H]3N)cc2nc(-c3cc4ccc(-c5cc(F)c(O)c(F)c5)cc4n3CC3CC3)n(C)c12. The summed E-state index contributed by atoms with van der Waals surface area (Å²) in [5, 5.41) is 10.6. The predicted molar refractivity (Wildman–Crippen MR) is 163 cm³/mol. The molecule has 1 aliphatic heterocycles. The first kappa shape index (κ1) is 27.1. The number of nitrogens with zero attached hydrogens (tertiary/aromatic N) is 4. The predicted octanol–water partition coefficient (Wildman–Crippen LogP) is 5.83. The van der Waals surface area contributed by atoms with Crippen molar-refractivity contribution in [2.75, 3.05) is 13.7 Å². The van der Waals surface area contributed by atoms with Gasteiger partial charge in [0.05, 0.1) is 18.3 Å². The Labute approximate surface area is 252 Å². The van der Waals surface area contributed by atoms with Crippen LogP contribution in [0.1, 0.15) is 36.0 Å². The molecule has 44 heavy (non-hydrogen) atoms. The van der Waals surface area contributed by atoms with Crippen molar-refractivity contribution in [2.45, 2.75) is 44.3 Å². The number of benzene rings is 3. The Morgan fingerprint density at radius 3 is 2.48 bits per heavy atom. The van der Waals surface area contributed by atoms with E-state index in [1.54, 1.807) is 13.2 Å². The number of hydrogen-bond acceptors (Lipinski definition) is 5. The smallest absolute Gasteiger partial charge is 0.254 e. The number of piperidine rings is 1. The molecule has 10 heteroatoms. The van der Waals surface area contributed by atoms with Crippen LogP contribution in [0.25, 0.3) is 44.6 Å². The summed E-state index contributed by atoms with van der Waals surface area (Å²) in [4.78, 5) is 20.7. The number of rotatable bonds is 6. The molecule has 1 saturated heterocycles. The molecule has 5 aromatic rings. The summed E-state index contributed by atoms with van der Waals surface area (Å²) in [6.07, 6.45) is 4.28. The topological polar surface area (TPSA) is 98.5 Å². The molecule has 0 radical (unpaired) electrons. The van der Waals surface area contributed by atoms with Crippen molar-refractivity contribution < 1.29 is 23.4 Å². The number of phenols is 1. The summed E-state index contributed by atoms with van der Waals surface area (Å²) in [7, 11) is 3.55. The average molecular weight is 598 g/mol. The van der Waals surface area contributed by atoms with Gasteiger partial charge >= 0.3 is 0 Å². The molecule has 2 aromatic heterocycles. The largest absolute Gasteiger partial charge is 0.503 e. The minimum Gasteiger partial charge on any atom is -0.503 e. The number of amides is 1. The molecule has 8 nitrogen and oxygen atoms in total. The number of hydrogen-bond donors (Lipinski definition) is 2. The Morgan fingerprint density at radius 2 is 1.82 bits per heavy atom. The molecule has 226 valence electrons. The van der Waals surface area contributed by atoms with Crippen molar-refractivity contribution in [3.8, 4) is 34.1 Å². The van der Waals surface area contributed by atoms with Gasteiger partial charge in [-0.1, -0.05) is 12.1 Å². The molecule has 0 spiro atoms. The van der Waals surface area contributed by atoms with Crippen LogP contribution in [-0.2, 0) is 13.6 Å². The van der Waals surface area contributed by atoms with Gasteiger partial charge in [0.2, 0.25) is 0 Å². The number of methoxy groups -OCH3 is 1. The number of nitrogens with two attached hydrogens (primary N) is 1. The maximum absolute atomic E-state index is 14.2. The fourth-order valence-corrected chi connectivity index (χ4v) is 7.37. The minimum absolute atomic E-state index is 0.0343. The third-order valence-corrected chi connectivity index (χ3v) is 9.94. The van der Waals surface area contributed by atoms with E-state index in [0.29, 0.717) is 46.3 Å². The Balaban J connectivity index is 1.24. The lowest BCUT2D eigenvalue weighted by Gasteiger charge is -2.27. The minimum atomic E-state index is -0.999. The van der Waals surface area contributed by atoms with Crippen LogP contribution in [0.2, 0.25) is 0 Å². The van der Waals surface area contributed by atoms with Crippen LogP contribution < -0.4 is 10.5 Å². The van der Waals surface area contributed by atoms with Gasteiger partial charge in [0.25, 0.3) is 5.91 Å². The summed E-state index contributed by atoms with van der Waals surface area (Å²) >= 11 is 0. The molecular weight excluding hydrogens is 564 g/mol.